The van der Waals surface area contributed by atoms with Crippen LogP contribution in [-0.4, -0.2) is 28.1 Å². The monoisotopic (exact) mass is 292 g/mol. The first kappa shape index (κ1) is 13.9. The summed E-state index contributed by atoms with van der Waals surface area (Å²) >= 11 is 5.60. The van der Waals surface area contributed by atoms with E-state index in [-0.39, 0.29) is 22.4 Å². The van der Waals surface area contributed by atoms with E-state index in [0.717, 1.165) is 0 Å². The maximum absolute atomic E-state index is 12.1. The van der Waals surface area contributed by atoms with E-state index < -0.39 is 4.92 Å². The van der Waals surface area contributed by atoms with Crippen LogP contribution < -0.4 is 4.90 Å². The number of carbonyl (C=O) groups excluding carboxylic acids is 1. The third-order valence-electron chi connectivity index (χ3n) is 2.60. The number of non-ortho nitro benzene ring substituents is 1. The number of rotatable bonds is 3. The normalized spacial score (nSPS) is 10.1. The number of nitro groups is 1. The third kappa shape index (κ3) is 2.89. The van der Waals surface area contributed by atoms with E-state index in [0.29, 0.717) is 5.69 Å². The minimum Gasteiger partial charge on any atom is -0.310 e. The van der Waals surface area contributed by atoms with Crippen molar-refractivity contribution in [3.63, 3.8) is 0 Å². The van der Waals surface area contributed by atoms with Crippen molar-refractivity contribution in [2.24, 2.45) is 0 Å². The number of amides is 1. The minimum absolute atomic E-state index is 0.0408. The molecule has 0 radical (unpaired) electrons. The molecule has 102 valence electrons. The van der Waals surface area contributed by atoms with Crippen LogP contribution in [0.5, 0.6) is 0 Å². The van der Waals surface area contributed by atoms with Crippen LogP contribution in [0.2, 0.25) is 5.15 Å². The molecule has 0 saturated heterocycles. The molecule has 0 aliphatic heterocycles. The molecule has 0 bridgehead atoms. The van der Waals surface area contributed by atoms with Gasteiger partial charge >= 0.3 is 0 Å². The van der Waals surface area contributed by atoms with Gasteiger partial charge in [-0.05, 0) is 24.3 Å². The predicted molar refractivity (Wildman–Crippen MR) is 72.9 cm³/mol. The first-order valence-electron chi connectivity index (χ1n) is 5.51. The molecule has 2 aromatic rings. The summed E-state index contributed by atoms with van der Waals surface area (Å²) in [6, 6.07) is 8.54. The fourth-order valence-electron chi connectivity index (χ4n) is 1.52. The number of aromatic nitrogens is 2. The van der Waals surface area contributed by atoms with Crippen LogP contribution in [0.15, 0.2) is 36.4 Å². The van der Waals surface area contributed by atoms with Gasteiger partial charge < -0.3 is 4.90 Å². The zero-order chi connectivity index (χ0) is 14.7. The van der Waals surface area contributed by atoms with Gasteiger partial charge in [0, 0.05) is 24.9 Å². The molecule has 20 heavy (non-hydrogen) atoms. The van der Waals surface area contributed by atoms with Crippen molar-refractivity contribution in [1.29, 1.82) is 0 Å². The van der Waals surface area contributed by atoms with Crippen molar-refractivity contribution < 1.29 is 9.72 Å². The Hall–Kier alpha value is -2.54. The maximum atomic E-state index is 12.1. The van der Waals surface area contributed by atoms with Crippen LogP contribution in [0.1, 0.15) is 10.5 Å². The lowest BCUT2D eigenvalue weighted by molar-refractivity contribution is -0.384. The van der Waals surface area contributed by atoms with Gasteiger partial charge in [0.15, 0.2) is 10.8 Å². The largest absolute Gasteiger partial charge is 0.310 e. The van der Waals surface area contributed by atoms with E-state index in [1.807, 2.05) is 0 Å². The van der Waals surface area contributed by atoms with Crippen molar-refractivity contribution in [2.45, 2.75) is 0 Å². The third-order valence-corrected chi connectivity index (χ3v) is 2.81. The van der Waals surface area contributed by atoms with Crippen molar-refractivity contribution in [3.8, 4) is 0 Å². The molecule has 0 aliphatic carbocycles. The molecule has 2 rings (SSSR count). The summed E-state index contributed by atoms with van der Waals surface area (Å²) in [6.45, 7) is 0. The van der Waals surface area contributed by atoms with Gasteiger partial charge in [-0.25, -0.2) is 0 Å². The van der Waals surface area contributed by atoms with E-state index in [1.54, 1.807) is 7.05 Å². The molecule has 0 spiro atoms. The van der Waals surface area contributed by atoms with Gasteiger partial charge in [0.05, 0.1) is 4.92 Å². The van der Waals surface area contributed by atoms with E-state index in [9.17, 15) is 14.9 Å². The SMILES string of the molecule is CN(C(=O)c1ccc(Cl)nn1)c1ccc([N+](=O)[O-])cc1. The van der Waals surface area contributed by atoms with Gasteiger partial charge in [-0.15, -0.1) is 10.2 Å². The molecule has 1 aromatic carbocycles. The van der Waals surface area contributed by atoms with Crippen LogP contribution in [0.3, 0.4) is 0 Å². The molecular weight excluding hydrogens is 284 g/mol. The Morgan fingerprint density at radius 1 is 1.20 bits per heavy atom. The van der Waals surface area contributed by atoms with Gasteiger partial charge in [-0.1, -0.05) is 11.6 Å². The predicted octanol–water partition coefficient (Wildman–Crippen LogP) is 2.31. The first-order valence-corrected chi connectivity index (χ1v) is 5.88. The van der Waals surface area contributed by atoms with E-state index in [2.05, 4.69) is 10.2 Å². The fraction of sp³-hybridized carbons (Fsp3) is 0.0833. The van der Waals surface area contributed by atoms with Crippen molar-refractivity contribution in [3.05, 3.63) is 57.4 Å². The van der Waals surface area contributed by atoms with Crippen LogP contribution in [0.25, 0.3) is 0 Å². The second-order valence-electron chi connectivity index (χ2n) is 3.88. The summed E-state index contributed by atoms with van der Waals surface area (Å²) in [4.78, 5) is 23.5. The Morgan fingerprint density at radius 2 is 1.85 bits per heavy atom. The number of anilines is 1. The molecule has 1 heterocycles. The number of nitro benzene ring substituents is 1. The molecule has 0 fully saturated rings. The second-order valence-corrected chi connectivity index (χ2v) is 4.27. The molecule has 0 N–H and O–H groups in total. The summed E-state index contributed by atoms with van der Waals surface area (Å²) in [5, 5.41) is 18.0. The maximum Gasteiger partial charge on any atom is 0.278 e. The molecule has 0 atom stereocenters. The molecule has 1 aromatic heterocycles. The van der Waals surface area contributed by atoms with Crippen LogP contribution in [-0.2, 0) is 0 Å². The number of nitrogens with zero attached hydrogens (tertiary/aromatic N) is 4. The summed E-state index contributed by atoms with van der Waals surface area (Å²) in [5.41, 5.74) is 0.605. The highest BCUT2D eigenvalue weighted by molar-refractivity contribution is 6.29. The number of halogens is 1. The van der Waals surface area contributed by atoms with Gasteiger partial charge in [-0.3, -0.25) is 14.9 Å². The zero-order valence-corrected chi connectivity index (χ0v) is 11.1. The van der Waals surface area contributed by atoms with Gasteiger partial charge in [0.25, 0.3) is 11.6 Å². The Bertz CT molecular complexity index is 643. The van der Waals surface area contributed by atoms with Crippen molar-refractivity contribution in [2.75, 3.05) is 11.9 Å². The summed E-state index contributed by atoms with van der Waals surface area (Å²) in [6.07, 6.45) is 0. The number of hydrogen-bond acceptors (Lipinski definition) is 5. The Labute approximate surface area is 119 Å². The van der Waals surface area contributed by atoms with Gasteiger partial charge in [0.1, 0.15) is 0 Å². The molecule has 0 saturated carbocycles. The highest BCUT2D eigenvalue weighted by Gasteiger charge is 2.16. The lowest BCUT2D eigenvalue weighted by atomic mass is 10.2. The second kappa shape index (κ2) is 5.62. The zero-order valence-electron chi connectivity index (χ0n) is 10.4. The highest BCUT2D eigenvalue weighted by atomic mass is 35.5. The topological polar surface area (TPSA) is 89.2 Å². The summed E-state index contributed by atoms with van der Waals surface area (Å²) in [5.74, 6) is -0.386. The van der Waals surface area contributed by atoms with E-state index >= 15 is 0 Å². The Balaban J connectivity index is 2.22. The van der Waals surface area contributed by atoms with Crippen molar-refractivity contribution in [1.82, 2.24) is 10.2 Å². The van der Waals surface area contributed by atoms with E-state index in [1.165, 1.54) is 41.3 Å². The molecule has 8 heteroatoms. The van der Waals surface area contributed by atoms with Gasteiger partial charge in [0.2, 0.25) is 0 Å². The van der Waals surface area contributed by atoms with Crippen molar-refractivity contribution >= 4 is 28.9 Å². The van der Waals surface area contributed by atoms with Crippen LogP contribution in [0.4, 0.5) is 11.4 Å². The van der Waals surface area contributed by atoms with Crippen LogP contribution in [0, 0.1) is 10.1 Å². The molecule has 7 nitrogen and oxygen atoms in total. The standard InChI is InChI=1S/C12H9ClN4O3/c1-16(8-2-4-9(5-3-8)17(19)20)12(18)10-6-7-11(13)15-14-10/h2-7H,1H3. The molecule has 1 amide bonds. The van der Waals surface area contributed by atoms with Gasteiger partial charge in [-0.2, -0.15) is 0 Å². The molecular formula is C12H9ClN4O3. The Morgan fingerprint density at radius 3 is 2.35 bits per heavy atom. The van der Waals surface area contributed by atoms with E-state index in [4.69, 9.17) is 11.6 Å². The fourth-order valence-corrected chi connectivity index (χ4v) is 1.62. The number of hydrogen-bond donors (Lipinski definition) is 0. The Kier molecular flexibility index (Phi) is 3.90. The molecule has 0 unspecified atom stereocenters. The quantitative estimate of drug-likeness (QED) is 0.639. The first-order chi connectivity index (χ1) is 9.49. The number of carbonyl (C=O) groups is 1. The summed E-state index contributed by atoms with van der Waals surface area (Å²) < 4.78 is 0. The lowest BCUT2D eigenvalue weighted by Crippen LogP contribution is -2.27. The lowest BCUT2D eigenvalue weighted by Gasteiger charge is -2.16. The smallest absolute Gasteiger partial charge is 0.278 e. The average molecular weight is 293 g/mol. The highest BCUT2D eigenvalue weighted by Crippen LogP contribution is 2.19. The number of benzene rings is 1. The average Bonchev–Trinajstić information content (AvgIpc) is 2.46. The van der Waals surface area contributed by atoms with Crippen LogP contribution >= 0.6 is 11.6 Å². The molecule has 0 aliphatic rings. The minimum atomic E-state index is -0.504. The summed E-state index contributed by atoms with van der Waals surface area (Å²) in [7, 11) is 1.54.